The predicted octanol–water partition coefficient (Wildman–Crippen LogP) is 3.18. The Labute approximate surface area is 199 Å². The minimum Gasteiger partial charge on any atom is -0.493 e. The van der Waals surface area contributed by atoms with Crippen LogP contribution in [0.3, 0.4) is 0 Å². The van der Waals surface area contributed by atoms with Crippen LogP contribution in [0.2, 0.25) is 0 Å². The third-order valence-electron chi connectivity index (χ3n) is 5.65. The van der Waals surface area contributed by atoms with E-state index in [1.54, 1.807) is 0 Å². The fraction of sp³-hybridized carbons (Fsp3) is 0.696. The number of ether oxygens (including phenoxy) is 1. The van der Waals surface area contributed by atoms with Gasteiger partial charge in [0.1, 0.15) is 5.75 Å². The minimum atomic E-state index is 0. The van der Waals surface area contributed by atoms with Gasteiger partial charge >= 0.3 is 0 Å². The summed E-state index contributed by atoms with van der Waals surface area (Å²) in [5.41, 5.74) is 1.15. The molecular formula is C23H40IN5O. The van der Waals surface area contributed by atoms with Crippen molar-refractivity contribution in [3.63, 3.8) is 0 Å². The van der Waals surface area contributed by atoms with E-state index in [2.05, 4.69) is 52.6 Å². The predicted molar refractivity (Wildman–Crippen MR) is 136 cm³/mol. The van der Waals surface area contributed by atoms with Crippen LogP contribution in [-0.2, 0) is 6.54 Å². The molecule has 170 valence electrons. The highest BCUT2D eigenvalue weighted by atomic mass is 127. The molecule has 0 amide bonds. The molecule has 6 nitrogen and oxygen atoms in total. The maximum Gasteiger partial charge on any atom is 0.191 e. The Hall–Kier alpha value is -1.06. The Morgan fingerprint density at radius 2 is 1.97 bits per heavy atom. The summed E-state index contributed by atoms with van der Waals surface area (Å²) in [6.07, 6.45) is 5.03. The molecule has 1 saturated heterocycles. The summed E-state index contributed by atoms with van der Waals surface area (Å²) in [7, 11) is 2.22. The van der Waals surface area contributed by atoms with E-state index >= 15 is 0 Å². The molecule has 30 heavy (non-hydrogen) atoms. The maximum atomic E-state index is 6.02. The lowest BCUT2D eigenvalue weighted by Gasteiger charge is -2.20. The molecule has 7 heteroatoms. The molecule has 1 aliphatic heterocycles. The fourth-order valence-corrected chi connectivity index (χ4v) is 3.61. The van der Waals surface area contributed by atoms with Crippen molar-refractivity contribution in [1.82, 2.24) is 20.4 Å². The molecular weight excluding hydrogens is 489 g/mol. The molecule has 1 aromatic rings. The Bertz CT molecular complexity index is 638. The Morgan fingerprint density at radius 3 is 2.77 bits per heavy atom. The van der Waals surface area contributed by atoms with Gasteiger partial charge in [-0.3, -0.25) is 0 Å². The van der Waals surface area contributed by atoms with E-state index in [4.69, 9.17) is 9.73 Å². The van der Waals surface area contributed by atoms with Crippen molar-refractivity contribution in [2.75, 3.05) is 59.5 Å². The second-order valence-electron chi connectivity index (χ2n) is 8.34. The number of hydrogen-bond donors (Lipinski definition) is 2. The molecule has 1 saturated carbocycles. The van der Waals surface area contributed by atoms with Crippen LogP contribution in [0.15, 0.2) is 29.3 Å². The van der Waals surface area contributed by atoms with Crippen LogP contribution in [0, 0.1) is 5.92 Å². The Balaban J connectivity index is 0.00000320. The standard InChI is InChI=1S/C23H39N5O.HI/c1-3-24-23(25-12-6-14-28-15-7-13-27(2)16-17-28)26-18-21-8-4-5-9-22(21)29-19-20-10-11-20;/h4-5,8-9,20H,3,6-7,10-19H2,1-2H3,(H2,24,25,26);1H. The topological polar surface area (TPSA) is 52.1 Å². The first-order chi connectivity index (χ1) is 14.2. The zero-order valence-corrected chi connectivity index (χ0v) is 21.1. The zero-order valence-electron chi connectivity index (χ0n) is 18.7. The van der Waals surface area contributed by atoms with Gasteiger partial charge in [0.05, 0.1) is 13.2 Å². The fourth-order valence-electron chi connectivity index (χ4n) is 3.61. The molecule has 0 radical (unpaired) electrons. The van der Waals surface area contributed by atoms with Crippen molar-refractivity contribution >= 4 is 29.9 Å². The summed E-state index contributed by atoms with van der Waals surface area (Å²) in [5.74, 6) is 2.63. The number of halogens is 1. The molecule has 0 aromatic heterocycles. The molecule has 0 bridgehead atoms. The highest BCUT2D eigenvalue weighted by Gasteiger charge is 2.22. The summed E-state index contributed by atoms with van der Waals surface area (Å²) in [6.45, 7) is 11.3. The molecule has 2 aliphatic rings. The number of likely N-dealkylation sites (N-methyl/N-ethyl adjacent to an activating group) is 1. The van der Waals surface area contributed by atoms with Crippen LogP contribution < -0.4 is 15.4 Å². The summed E-state index contributed by atoms with van der Waals surface area (Å²) in [5, 5.41) is 6.86. The summed E-state index contributed by atoms with van der Waals surface area (Å²) >= 11 is 0. The quantitative estimate of drug-likeness (QED) is 0.211. The number of guanidine groups is 1. The van der Waals surface area contributed by atoms with Crippen molar-refractivity contribution in [3.05, 3.63) is 29.8 Å². The van der Waals surface area contributed by atoms with Crippen molar-refractivity contribution in [1.29, 1.82) is 0 Å². The monoisotopic (exact) mass is 529 g/mol. The first kappa shape index (κ1) is 25.2. The highest BCUT2D eigenvalue weighted by Crippen LogP contribution is 2.30. The first-order valence-electron chi connectivity index (χ1n) is 11.4. The molecule has 2 N–H and O–H groups in total. The van der Waals surface area contributed by atoms with Gasteiger partial charge in [-0.25, -0.2) is 4.99 Å². The van der Waals surface area contributed by atoms with Crippen molar-refractivity contribution in [2.24, 2.45) is 10.9 Å². The van der Waals surface area contributed by atoms with Gasteiger partial charge in [0.15, 0.2) is 5.96 Å². The molecule has 0 spiro atoms. The summed E-state index contributed by atoms with van der Waals surface area (Å²) in [6, 6.07) is 8.28. The van der Waals surface area contributed by atoms with Crippen LogP contribution in [0.5, 0.6) is 5.75 Å². The van der Waals surface area contributed by atoms with E-state index in [1.807, 2.05) is 6.07 Å². The average Bonchev–Trinajstić information content (AvgIpc) is 3.57. The molecule has 3 rings (SSSR count). The van der Waals surface area contributed by atoms with E-state index in [0.717, 1.165) is 55.9 Å². The number of aliphatic imine (C=N–C) groups is 1. The van der Waals surface area contributed by atoms with Crippen molar-refractivity contribution in [3.8, 4) is 5.75 Å². The largest absolute Gasteiger partial charge is 0.493 e. The first-order valence-corrected chi connectivity index (χ1v) is 11.4. The second-order valence-corrected chi connectivity index (χ2v) is 8.34. The smallest absolute Gasteiger partial charge is 0.191 e. The van der Waals surface area contributed by atoms with Gasteiger partial charge in [-0.15, -0.1) is 24.0 Å². The third kappa shape index (κ3) is 9.39. The lowest BCUT2D eigenvalue weighted by molar-refractivity contribution is 0.274. The minimum absolute atomic E-state index is 0. The number of hydrogen-bond acceptors (Lipinski definition) is 4. The van der Waals surface area contributed by atoms with Crippen LogP contribution in [0.4, 0.5) is 0 Å². The van der Waals surface area contributed by atoms with Crippen molar-refractivity contribution in [2.45, 2.75) is 39.2 Å². The third-order valence-corrected chi connectivity index (χ3v) is 5.65. The second kappa shape index (κ2) is 14.1. The lowest BCUT2D eigenvalue weighted by Crippen LogP contribution is -2.39. The highest BCUT2D eigenvalue weighted by molar-refractivity contribution is 14.0. The molecule has 2 fully saturated rings. The number of benzene rings is 1. The van der Waals surface area contributed by atoms with Crippen LogP contribution in [0.25, 0.3) is 0 Å². The van der Waals surface area contributed by atoms with Crippen LogP contribution in [-0.4, -0.2) is 75.2 Å². The Morgan fingerprint density at radius 1 is 1.13 bits per heavy atom. The van der Waals surface area contributed by atoms with E-state index < -0.39 is 0 Å². The average molecular weight is 530 g/mol. The normalized spacial score (nSPS) is 18.4. The van der Waals surface area contributed by atoms with Gasteiger partial charge in [0, 0.05) is 31.7 Å². The van der Waals surface area contributed by atoms with E-state index in [9.17, 15) is 0 Å². The van der Waals surface area contributed by atoms with E-state index in [0.29, 0.717) is 6.54 Å². The van der Waals surface area contributed by atoms with Gasteiger partial charge < -0.3 is 25.2 Å². The SMILES string of the molecule is CCNC(=NCc1ccccc1OCC1CC1)NCCCN1CCCN(C)CC1.I. The molecule has 1 heterocycles. The van der Waals surface area contributed by atoms with E-state index in [-0.39, 0.29) is 24.0 Å². The van der Waals surface area contributed by atoms with E-state index in [1.165, 1.54) is 45.4 Å². The number of nitrogens with zero attached hydrogens (tertiary/aromatic N) is 3. The molecule has 0 atom stereocenters. The number of nitrogens with one attached hydrogen (secondary N) is 2. The maximum absolute atomic E-state index is 6.02. The van der Waals surface area contributed by atoms with Gasteiger partial charge in [-0.2, -0.15) is 0 Å². The molecule has 1 aromatic carbocycles. The van der Waals surface area contributed by atoms with Crippen molar-refractivity contribution < 1.29 is 4.74 Å². The summed E-state index contributed by atoms with van der Waals surface area (Å²) in [4.78, 5) is 9.81. The number of para-hydroxylation sites is 1. The number of rotatable bonds is 10. The molecule has 0 unspecified atom stereocenters. The van der Waals surface area contributed by atoms with Gasteiger partial charge in [-0.1, -0.05) is 18.2 Å². The summed E-state index contributed by atoms with van der Waals surface area (Å²) < 4.78 is 6.02. The zero-order chi connectivity index (χ0) is 20.3. The van der Waals surface area contributed by atoms with Gasteiger partial charge in [0.25, 0.3) is 0 Å². The Kier molecular flexibility index (Phi) is 11.8. The lowest BCUT2D eigenvalue weighted by atomic mass is 10.2. The van der Waals surface area contributed by atoms with Gasteiger partial charge in [0.2, 0.25) is 0 Å². The van der Waals surface area contributed by atoms with Crippen LogP contribution in [0.1, 0.15) is 38.2 Å². The van der Waals surface area contributed by atoms with Gasteiger partial charge in [-0.05, 0) is 71.3 Å². The van der Waals surface area contributed by atoms with Crippen LogP contribution >= 0.6 is 24.0 Å². The molecule has 1 aliphatic carbocycles.